The fraction of sp³-hybridized carbons (Fsp3) is 0.542. The van der Waals surface area contributed by atoms with Gasteiger partial charge in [-0.2, -0.15) is 0 Å². The first-order chi connectivity index (χ1) is 14.7. The normalized spacial score (nSPS) is 22.7. The Hall–Kier alpha value is -2.70. The van der Waals surface area contributed by atoms with Crippen LogP contribution in [0.4, 0.5) is 14.9 Å². The predicted octanol–water partition coefficient (Wildman–Crippen LogP) is 4.73. The number of Topliss-reactive ketones (excluding diaryl/α,β-unsaturated/α-hetero) is 1. The summed E-state index contributed by atoms with van der Waals surface area (Å²) in [7, 11) is 0. The molecule has 2 aliphatic heterocycles. The third-order valence-electron chi connectivity index (χ3n) is 6.15. The second-order valence-corrected chi connectivity index (χ2v) is 9.42. The number of piperidine rings is 1. The number of nitrogens with zero attached hydrogens (tertiary/aromatic N) is 1. The highest BCUT2D eigenvalue weighted by atomic mass is 19.1. The van der Waals surface area contributed by atoms with Gasteiger partial charge in [0.05, 0.1) is 11.2 Å². The molecule has 0 saturated carbocycles. The van der Waals surface area contributed by atoms with Crippen molar-refractivity contribution in [3.8, 4) is 0 Å². The number of rotatable bonds is 5. The number of ketones is 1. The molecule has 0 aromatic heterocycles. The van der Waals surface area contributed by atoms with Gasteiger partial charge in [0.15, 0.2) is 5.78 Å². The van der Waals surface area contributed by atoms with Crippen LogP contribution in [0.15, 0.2) is 35.9 Å². The van der Waals surface area contributed by atoms with E-state index in [9.17, 15) is 14.0 Å². The molecule has 168 valence electrons. The summed E-state index contributed by atoms with van der Waals surface area (Å²) in [6, 6.07) is 5.85. The molecule has 1 unspecified atom stereocenters. The monoisotopic (exact) mass is 428 g/mol. The molecule has 3 N–H and O–H groups in total. The van der Waals surface area contributed by atoms with Crippen LogP contribution in [-0.4, -0.2) is 41.2 Å². The summed E-state index contributed by atoms with van der Waals surface area (Å²) >= 11 is 0. The van der Waals surface area contributed by atoms with Crippen LogP contribution in [0.3, 0.4) is 0 Å². The highest BCUT2D eigenvalue weighted by Gasteiger charge is 2.36. The van der Waals surface area contributed by atoms with Crippen LogP contribution in [0.2, 0.25) is 0 Å². The van der Waals surface area contributed by atoms with E-state index in [1.165, 1.54) is 6.07 Å². The molecule has 1 aromatic carbocycles. The summed E-state index contributed by atoms with van der Waals surface area (Å²) in [6.45, 7) is 7.24. The molecule has 0 bridgehead atoms. The maximum atomic E-state index is 13.8. The standard InChI is InChI=1S/C24H33FN4O2/c1-16(2)15-24(3)21(30)13-18(14-22(26)28-24)12-17-8-10-29(11-9-17)23(31)27-20-7-5-4-6-19(20)25/h4-7,14,16-17H,8-13,15H2,1-3H3,(H2,26,28)(H,27,31). The van der Waals surface area contributed by atoms with Crippen LogP contribution < -0.4 is 10.6 Å². The van der Waals surface area contributed by atoms with Crippen LogP contribution in [0, 0.1) is 23.1 Å². The first kappa shape index (κ1) is 23.0. The Morgan fingerprint density at radius 1 is 1.32 bits per heavy atom. The highest BCUT2D eigenvalue weighted by Crippen LogP contribution is 2.30. The number of halogens is 1. The molecule has 1 aromatic rings. The van der Waals surface area contributed by atoms with Crippen LogP contribution in [0.5, 0.6) is 0 Å². The maximum absolute atomic E-state index is 13.8. The third-order valence-corrected chi connectivity index (χ3v) is 6.15. The molecule has 7 heteroatoms. The number of amides is 2. The Morgan fingerprint density at radius 2 is 2.00 bits per heavy atom. The van der Waals surface area contributed by atoms with Gasteiger partial charge in [-0.25, -0.2) is 9.18 Å². The average Bonchev–Trinajstić information content (AvgIpc) is 2.78. The number of allylic oxidation sites excluding steroid dienone is 1. The van der Waals surface area contributed by atoms with Gasteiger partial charge in [-0.3, -0.25) is 10.2 Å². The molecule has 1 fully saturated rings. The van der Waals surface area contributed by atoms with Gasteiger partial charge in [-0.05, 0) is 62.7 Å². The predicted molar refractivity (Wildman–Crippen MR) is 121 cm³/mol. The number of para-hydroxylation sites is 1. The second kappa shape index (κ2) is 9.62. The summed E-state index contributed by atoms with van der Waals surface area (Å²) in [5.74, 6) is 0.702. The van der Waals surface area contributed by atoms with E-state index in [0.717, 1.165) is 24.8 Å². The highest BCUT2D eigenvalue weighted by molar-refractivity contribution is 6.01. The fourth-order valence-electron chi connectivity index (χ4n) is 4.64. The van der Waals surface area contributed by atoms with Gasteiger partial charge < -0.3 is 15.5 Å². The molecule has 0 aliphatic carbocycles. The molecular weight excluding hydrogens is 395 g/mol. The molecule has 2 heterocycles. The van der Waals surface area contributed by atoms with E-state index >= 15 is 0 Å². The number of hydrogen-bond acceptors (Lipinski definition) is 3. The van der Waals surface area contributed by atoms with Crippen molar-refractivity contribution in [2.45, 2.75) is 58.4 Å². The number of hydrogen-bond donors (Lipinski definition) is 3. The van der Waals surface area contributed by atoms with E-state index in [1.807, 2.05) is 6.92 Å². The number of carbonyl (C=O) groups excluding carboxylic acids is 2. The Balaban J connectivity index is 1.53. The van der Waals surface area contributed by atoms with Crippen molar-refractivity contribution in [1.29, 1.82) is 5.41 Å². The van der Waals surface area contributed by atoms with Gasteiger partial charge in [0.1, 0.15) is 11.7 Å². The third kappa shape index (κ3) is 5.93. The van der Waals surface area contributed by atoms with E-state index in [4.69, 9.17) is 5.41 Å². The molecule has 0 radical (unpaired) electrons. The van der Waals surface area contributed by atoms with Crippen LogP contribution in [-0.2, 0) is 4.79 Å². The smallest absolute Gasteiger partial charge is 0.321 e. The number of benzene rings is 1. The summed E-state index contributed by atoms with van der Waals surface area (Å²) in [4.78, 5) is 27.1. The van der Waals surface area contributed by atoms with Crippen molar-refractivity contribution in [1.82, 2.24) is 10.2 Å². The first-order valence-electron chi connectivity index (χ1n) is 11.1. The van der Waals surface area contributed by atoms with Crippen molar-refractivity contribution in [2.75, 3.05) is 18.4 Å². The van der Waals surface area contributed by atoms with Gasteiger partial charge in [-0.1, -0.05) is 31.6 Å². The largest absolute Gasteiger partial charge is 0.358 e. The zero-order valence-corrected chi connectivity index (χ0v) is 18.6. The molecule has 31 heavy (non-hydrogen) atoms. The van der Waals surface area contributed by atoms with E-state index in [-0.39, 0.29) is 17.5 Å². The Labute approximate surface area is 183 Å². The van der Waals surface area contributed by atoms with E-state index in [1.54, 1.807) is 29.2 Å². The lowest BCUT2D eigenvalue weighted by atomic mass is 9.83. The van der Waals surface area contributed by atoms with Crippen molar-refractivity contribution in [3.63, 3.8) is 0 Å². The molecule has 1 atom stereocenters. The Morgan fingerprint density at radius 3 is 2.65 bits per heavy atom. The van der Waals surface area contributed by atoms with Crippen molar-refractivity contribution >= 4 is 23.3 Å². The lowest BCUT2D eigenvalue weighted by Gasteiger charge is -2.32. The molecule has 2 aliphatic rings. The maximum Gasteiger partial charge on any atom is 0.321 e. The van der Waals surface area contributed by atoms with Gasteiger partial charge in [-0.15, -0.1) is 0 Å². The van der Waals surface area contributed by atoms with E-state index < -0.39 is 11.4 Å². The molecular formula is C24H33FN4O2. The summed E-state index contributed by atoms with van der Waals surface area (Å²) in [5.41, 5.74) is 0.481. The number of urea groups is 1. The van der Waals surface area contributed by atoms with Crippen LogP contribution in [0.1, 0.15) is 52.9 Å². The van der Waals surface area contributed by atoms with Crippen LogP contribution in [0.25, 0.3) is 0 Å². The number of amidine groups is 1. The van der Waals surface area contributed by atoms with Gasteiger partial charge >= 0.3 is 6.03 Å². The fourth-order valence-corrected chi connectivity index (χ4v) is 4.64. The average molecular weight is 429 g/mol. The molecule has 3 rings (SSSR count). The van der Waals surface area contributed by atoms with E-state index in [0.29, 0.717) is 43.6 Å². The van der Waals surface area contributed by atoms with Crippen LogP contribution >= 0.6 is 0 Å². The molecule has 2 amide bonds. The van der Waals surface area contributed by atoms with E-state index in [2.05, 4.69) is 24.5 Å². The van der Waals surface area contributed by atoms with Crippen molar-refractivity contribution < 1.29 is 14.0 Å². The van der Waals surface area contributed by atoms with Gasteiger partial charge in [0.2, 0.25) is 0 Å². The Kier molecular flexibility index (Phi) is 7.13. The minimum Gasteiger partial charge on any atom is -0.358 e. The zero-order chi connectivity index (χ0) is 22.6. The van der Waals surface area contributed by atoms with Gasteiger partial charge in [0.25, 0.3) is 0 Å². The molecule has 6 nitrogen and oxygen atoms in total. The minimum atomic E-state index is -0.697. The first-order valence-corrected chi connectivity index (χ1v) is 11.1. The Bertz CT molecular complexity index is 874. The summed E-state index contributed by atoms with van der Waals surface area (Å²) in [5, 5.41) is 14.0. The summed E-state index contributed by atoms with van der Waals surface area (Å²) < 4.78 is 13.8. The molecule has 0 spiro atoms. The lowest BCUT2D eigenvalue weighted by molar-refractivity contribution is -0.124. The molecule has 1 saturated heterocycles. The quantitative estimate of drug-likeness (QED) is 0.634. The topological polar surface area (TPSA) is 85.3 Å². The lowest BCUT2D eigenvalue weighted by Crippen LogP contribution is -2.51. The minimum absolute atomic E-state index is 0.136. The number of likely N-dealkylation sites (tertiary alicyclic amines) is 1. The number of nitrogens with one attached hydrogen (secondary N) is 3. The second-order valence-electron chi connectivity index (χ2n) is 9.42. The zero-order valence-electron chi connectivity index (χ0n) is 18.6. The summed E-state index contributed by atoms with van der Waals surface area (Å²) in [6.07, 6.45) is 5.27. The van der Waals surface area contributed by atoms with Crippen molar-refractivity contribution in [3.05, 3.63) is 41.7 Å². The van der Waals surface area contributed by atoms with Crippen molar-refractivity contribution in [2.24, 2.45) is 11.8 Å². The van der Waals surface area contributed by atoms with Gasteiger partial charge in [0, 0.05) is 19.5 Å². The number of carbonyl (C=O) groups is 2. The SMILES string of the molecule is CC(C)CC1(C)NC(=N)C=C(CC2CCN(C(=O)Nc3ccccc3F)CC2)CC1=O. The number of anilines is 1.